The maximum Gasteiger partial charge on any atom is 0.253 e. The quantitative estimate of drug-likeness (QED) is 0.875. The highest BCUT2D eigenvalue weighted by Crippen LogP contribution is 2.18. The predicted molar refractivity (Wildman–Crippen MR) is 84.8 cm³/mol. The fourth-order valence-corrected chi connectivity index (χ4v) is 2.61. The summed E-state index contributed by atoms with van der Waals surface area (Å²) >= 11 is 0. The maximum absolute atomic E-state index is 12.1. The van der Waals surface area contributed by atoms with E-state index in [1.807, 2.05) is 24.3 Å². The molecule has 0 atom stereocenters. The first-order valence-corrected chi connectivity index (χ1v) is 7.59. The van der Waals surface area contributed by atoms with Gasteiger partial charge in [0.05, 0.1) is 6.61 Å². The van der Waals surface area contributed by atoms with Crippen molar-refractivity contribution in [3.8, 4) is 0 Å². The number of benzene rings is 1. The zero-order chi connectivity index (χ0) is 15.2. The molecule has 0 aromatic heterocycles. The standard InChI is InChI=1S/C16H25N3O2/c1-3-18-8-10-19(11-9-18)15-6-4-14(5-7-15)16(21)17(2)12-13-20/h4-7,20H,3,8-13H2,1-2H3. The Morgan fingerprint density at radius 2 is 1.81 bits per heavy atom. The van der Waals surface area contributed by atoms with E-state index in [1.165, 1.54) is 10.6 Å². The summed E-state index contributed by atoms with van der Waals surface area (Å²) in [6.45, 7) is 7.91. The van der Waals surface area contributed by atoms with Crippen LogP contribution in [-0.4, -0.2) is 73.7 Å². The Balaban J connectivity index is 1.97. The highest BCUT2D eigenvalue weighted by Gasteiger charge is 2.16. The summed E-state index contributed by atoms with van der Waals surface area (Å²) in [6, 6.07) is 7.78. The second-order valence-electron chi connectivity index (χ2n) is 5.42. The molecule has 1 fully saturated rings. The molecule has 2 rings (SSSR count). The van der Waals surface area contributed by atoms with Crippen molar-refractivity contribution >= 4 is 11.6 Å². The van der Waals surface area contributed by atoms with Crippen LogP contribution in [0.15, 0.2) is 24.3 Å². The highest BCUT2D eigenvalue weighted by molar-refractivity contribution is 5.94. The van der Waals surface area contributed by atoms with Crippen molar-refractivity contribution in [3.63, 3.8) is 0 Å². The van der Waals surface area contributed by atoms with E-state index in [0.717, 1.165) is 32.7 Å². The molecule has 1 heterocycles. The third-order valence-corrected chi connectivity index (χ3v) is 4.08. The maximum atomic E-state index is 12.1. The summed E-state index contributed by atoms with van der Waals surface area (Å²) in [6.07, 6.45) is 0. The van der Waals surface area contributed by atoms with Crippen LogP contribution in [0.1, 0.15) is 17.3 Å². The smallest absolute Gasteiger partial charge is 0.253 e. The molecule has 0 unspecified atom stereocenters. The average molecular weight is 291 g/mol. The summed E-state index contributed by atoms with van der Waals surface area (Å²) in [5, 5.41) is 8.88. The summed E-state index contributed by atoms with van der Waals surface area (Å²) in [7, 11) is 1.70. The van der Waals surface area contributed by atoms with Gasteiger partial charge in [-0.1, -0.05) is 6.92 Å². The van der Waals surface area contributed by atoms with E-state index in [2.05, 4.69) is 16.7 Å². The molecule has 1 aliphatic heterocycles. The lowest BCUT2D eigenvalue weighted by atomic mass is 10.1. The van der Waals surface area contributed by atoms with Crippen LogP contribution in [-0.2, 0) is 0 Å². The van der Waals surface area contributed by atoms with Gasteiger partial charge in [-0.05, 0) is 30.8 Å². The first kappa shape index (κ1) is 15.8. The third kappa shape index (κ3) is 3.95. The fourth-order valence-electron chi connectivity index (χ4n) is 2.61. The first-order chi connectivity index (χ1) is 10.2. The van der Waals surface area contributed by atoms with Gasteiger partial charge in [-0.3, -0.25) is 4.79 Å². The second-order valence-corrected chi connectivity index (χ2v) is 5.42. The molecule has 1 aromatic rings. The number of aliphatic hydroxyl groups excluding tert-OH is 1. The summed E-state index contributed by atoms with van der Waals surface area (Å²) in [5.41, 5.74) is 1.84. The Bertz CT molecular complexity index is 453. The molecule has 1 amide bonds. The minimum Gasteiger partial charge on any atom is -0.395 e. The molecular formula is C16H25N3O2. The molecule has 21 heavy (non-hydrogen) atoms. The van der Waals surface area contributed by atoms with E-state index in [1.54, 1.807) is 7.05 Å². The van der Waals surface area contributed by atoms with E-state index in [4.69, 9.17) is 5.11 Å². The molecule has 1 aliphatic rings. The van der Waals surface area contributed by atoms with E-state index >= 15 is 0 Å². The molecule has 0 spiro atoms. The number of anilines is 1. The first-order valence-electron chi connectivity index (χ1n) is 7.59. The topological polar surface area (TPSA) is 47.0 Å². The SMILES string of the molecule is CCN1CCN(c2ccc(C(=O)N(C)CCO)cc2)CC1. The van der Waals surface area contributed by atoms with Crippen LogP contribution in [0.5, 0.6) is 0 Å². The van der Waals surface area contributed by atoms with Crippen molar-refractivity contribution in [1.29, 1.82) is 0 Å². The second kappa shape index (κ2) is 7.43. The van der Waals surface area contributed by atoms with E-state index < -0.39 is 0 Å². The Morgan fingerprint density at radius 1 is 1.19 bits per heavy atom. The molecular weight excluding hydrogens is 266 g/mol. The van der Waals surface area contributed by atoms with Crippen LogP contribution < -0.4 is 4.90 Å². The molecule has 1 N–H and O–H groups in total. The van der Waals surface area contributed by atoms with Crippen molar-refractivity contribution in [2.45, 2.75) is 6.92 Å². The molecule has 1 aromatic carbocycles. The Morgan fingerprint density at radius 3 is 2.33 bits per heavy atom. The van der Waals surface area contributed by atoms with Crippen LogP contribution in [0.25, 0.3) is 0 Å². The largest absolute Gasteiger partial charge is 0.395 e. The zero-order valence-electron chi connectivity index (χ0n) is 13.0. The number of carbonyl (C=O) groups is 1. The number of aliphatic hydroxyl groups is 1. The van der Waals surface area contributed by atoms with Gasteiger partial charge in [0.2, 0.25) is 0 Å². The van der Waals surface area contributed by atoms with Crippen molar-refractivity contribution in [3.05, 3.63) is 29.8 Å². The van der Waals surface area contributed by atoms with Crippen LogP contribution in [0.4, 0.5) is 5.69 Å². The Kier molecular flexibility index (Phi) is 5.59. The van der Waals surface area contributed by atoms with Crippen molar-refractivity contribution in [2.75, 3.05) is 57.8 Å². The van der Waals surface area contributed by atoms with Gasteiger partial charge in [0.15, 0.2) is 0 Å². The number of hydrogen-bond acceptors (Lipinski definition) is 4. The number of carbonyl (C=O) groups excluding carboxylic acids is 1. The molecule has 0 bridgehead atoms. The number of rotatable bonds is 5. The van der Waals surface area contributed by atoms with Gasteiger partial charge >= 0.3 is 0 Å². The van der Waals surface area contributed by atoms with Crippen LogP contribution in [0.3, 0.4) is 0 Å². The lowest BCUT2D eigenvalue weighted by Gasteiger charge is -2.35. The lowest BCUT2D eigenvalue weighted by Crippen LogP contribution is -2.46. The van der Waals surface area contributed by atoms with E-state index in [-0.39, 0.29) is 12.5 Å². The number of hydrogen-bond donors (Lipinski definition) is 1. The molecule has 0 radical (unpaired) electrons. The van der Waals surface area contributed by atoms with Crippen molar-refractivity contribution in [2.24, 2.45) is 0 Å². The van der Waals surface area contributed by atoms with Gasteiger partial charge in [-0.2, -0.15) is 0 Å². The molecule has 116 valence electrons. The minimum atomic E-state index is -0.0496. The Labute approximate surface area is 126 Å². The fraction of sp³-hybridized carbons (Fsp3) is 0.562. The van der Waals surface area contributed by atoms with Gasteiger partial charge < -0.3 is 19.8 Å². The number of nitrogens with zero attached hydrogens (tertiary/aromatic N) is 3. The van der Waals surface area contributed by atoms with Crippen LogP contribution in [0, 0.1) is 0 Å². The van der Waals surface area contributed by atoms with Gasteiger partial charge in [0.25, 0.3) is 5.91 Å². The number of piperazine rings is 1. The molecule has 0 saturated carbocycles. The molecule has 5 nitrogen and oxygen atoms in total. The monoisotopic (exact) mass is 291 g/mol. The van der Waals surface area contributed by atoms with E-state index in [9.17, 15) is 4.79 Å². The minimum absolute atomic E-state index is 0.0119. The highest BCUT2D eigenvalue weighted by atomic mass is 16.3. The summed E-state index contributed by atoms with van der Waals surface area (Å²) < 4.78 is 0. The normalized spacial score (nSPS) is 16.0. The summed E-state index contributed by atoms with van der Waals surface area (Å²) in [4.78, 5) is 18.4. The molecule has 1 saturated heterocycles. The summed E-state index contributed by atoms with van der Waals surface area (Å²) in [5.74, 6) is -0.0496. The zero-order valence-corrected chi connectivity index (χ0v) is 13.0. The van der Waals surface area contributed by atoms with Gasteiger partial charge in [0.1, 0.15) is 0 Å². The predicted octanol–water partition coefficient (Wildman–Crippen LogP) is 0.893. The third-order valence-electron chi connectivity index (χ3n) is 4.08. The van der Waals surface area contributed by atoms with Crippen molar-refractivity contribution in [1.82, 2.24) is 9.80 Å². The average Bonchev–Trinajstić information content (AvgIpc) is 2.54. The van der Waals surface area contributed by atoms with Crippen LogP contribution in [0.2, 0.25) is 0 Å². The molecule has 5 heteroatoms. The van der Waals surface area contributed by atoms with Crippen molar-refractivity contribution < 1.29 is 9.90 Å². The number of amides is 1. The number of likely N-dealkylation sites (N-methyl/N-ethyl adjacent to an activating group) is 2. The van der Waals surface area contributed by atoms with E-state index in [0.29, 0.717) is 12.1 Å². The van der Waals surface area contributed by atoms with Gasteiger partial charge in [-0.15, -0.1) is 0 Å². The van der Waals surface area contributed by atoms with Gasteiger partial charge in [-0.25, -0.2) is 0 Å². The van der Waals surface area contributed by atoms with Crippen LogP contribution >= 0.6 is 0 Å². The Hall–Kier alpha value is -1.59. The lowest BCUT2D eigenvalue weighted by molar-refractivity contribution is 0.0767. The van der Waals surface area contributed by atoms with Gasteiger partial charge in [0, 0.05) is 51.0 Å². The molecule has 0 aliphatic carbocycles.